The molecule has 0 saturated heterocycles. The van der Waals surface area contributed by atoms with Crippen molar-refractivity contribution in [2.75, 3.05) is 26.1 Å². The molecule has 1 unspecified atom stereocenters. The lowest BCUT2D eigenvalue weighted by molar-refractivity contribution is 0.0836. The van der Waals surface area contributed by atoms with Crippen molar-refractivity contribution in [3.63, 3.8) is 0 Å². The highest BCUT2D eigenvalue weighted by molar-refractivity contribution is 7.91. The van der Waals surface area contributed by atoms with E-state index in [1.807, 2.05) is 0 Å². The predicted octanol–water partition coefficient (Wildman–Crippen LogP) is 0.217. The summed E-state index contributed by atoms with van der Waals surface area (Å²) in [6.45, 7) is 1.37. The van der Waals surface area contributed by atoms with Crippen LogP contribution in [0.5, 0.6) is 0 Å². The van der Waals surface area contributed by atoms with Gasteiger partial charge in [0, 0.05) is 7.11 Å². The third-order valence-electron chi connectivity index (χ3n) is 2.77. The zero-order chi connectivity index (χ0) is 15.2. The Labute approximate surface area is 118 Å². The van der Waals surface area contributed by atoms with E-state index in [9.17, 15) is 13.2 Å². The van der Waals surface area contributed by atoms with Crippen molar-refractivity contribution in [3.05, 3.63) is 29.8 Å². The van der Waals surface area contributed by atoms with Gasteiger partial charge in [-0.1, -0.05) is 19.1 Å². The van der Waals surface area contributed by atoms with E-state index in [2.05, 4.69) is 5.32 Å². The zero-order valence-electron chi connectivity index (χ0n) is 11.5. The first kappa shape index (κ1) is 16.6. The van der Waals surface area contributed by atoms with E-state index in [1.165, 1.54) is 26.2 Å². The predicted molar refractivity (Wildman–Crippen MR) is 74.4 cm³/mol. The molecule has 0 radical (unpaired) electrons. The van der Waals surface area contributed by atoms with Gasteiger partial charge in [-0.2, -0.15) is 0 Å². The van der Waals surface area contributed by atoms with Gasteiger partial charge in [0.2, 0.25) is 0 Å². The number of rotatable bonds is 7. The Morgan fingerprint density at radius 1 is 1.40 bits per heavy atom. The van der Waals surface area contributed by atoms with Gasteiger partial charge >= 0.3 is 0 Å². The highest BCUT2D eigenvalue weighted by atomic mass is 32.2. The summed E-state index contributed by atoms with van der Waals surface area (Å²) < 4.78 is 28.8. The summed E-state index contributed by atoms with van der Waals surface area (Å²) in [6.07, 6.45) is 0. The number of sulfone groups is 1. The minimum Gasteiger partial charge on any atom is -0.394 e. The molecular weight excluding hydrogens is 282 g/mol. The van der Waals surface area contributed by atoms with E-state index in [-0.39, 0.29) is 29.4 Å². The van der Waals surface area contributed by atoms with Crippen LogP contribution in [0.4, 0.5) is 0 Å². The minimum atomic E-state index is -3.48. The molecule has 0 heterocycles. The molecule has 0 aliphatic rings. The van der Waals surface area contributed by atoms with E-state index in [4.69, 9.17) is 9.84 Å². The Bertz CT molecular complexity index is 556. The number of benzene rings is 1. The van der Waals surface area contributed by atoms with E-state index < -0.39 is 21.8 Å². The number of hydrogen-bond donors (Lipinski definition) is 2. The molecule has 0 bridgehead atoms. The molecule has 1 aromatic carbocycles. The monoisotopic (exact) mass is 301 g/mol. The first-order valence-corrected chi connectivity index (χ1v) is 7.84. The normalized spacial score (nSPS) is 12.9. The van der Waals surface area contributed by atoms with Crippen LogP contribution in [-0.4, -0.2) is 51.5 Å². The SMILES string of the molecule is CCS(=O)(=O)c1ccccc1C(=O)NC(CO)COC. The third kappa shape index (κ3) is 4.03. The fourth-order valence-electron chi connectivity index (χ4n) is 1.69. The second-order valence-electron chi connectivity index (χ2n) is 4.21. The van der Waals surface area contributed by atoms with Crippen LogP contribution in [0.2, 0.25) is 0 Å². The maximum absolute atomic E-state index is 12.1. The van der Waals surface area contributed by atoms with Crippen LogP contribution in [0.1, 0.15) is 17.3 Å². The topological polar surface area (TPSA) is 92.7 Å². The molecule has 20 heavy (non-hydrogen) atoms. The van der Waals surface area contributed by atoms with Gasteiger partial charge in [-0.3, -0.25) is 4.79 Å². The first-order valence-electron chi connectivity index (χ1n) is 6.18. The number of hydrogen-bond acceptors (Lipinski definition) is 5. The third-order valence-corrected chi connectivity index (χ3v) is 4.56. The molecule has 0 aromatic heterocycles. The zero-order valence-corrected chi connectivity index (χ0v) is 12.3. The largest absolute Gasteiger partial charge is 0.394 e. The van der Waals surface area contributed by atoms with E-state index in [0.717, 1.165) is 0 Å². The van der Waals surface area contributed by atoms with Crippen LogP contribution in [-0.2, 0) is 14.6 Å². The van der Waals surface area contributed by atoms with Crippen LogP contribution in [0, 0.1) is 0 Å². The summed E-state index contributed by atoms with van der Waals surface area (Å²) in [5, 5.41) is 11.7. The Morgan fingerprint density at radius 2 is 2.05 bits per heavy atom. The molecule has 0 saturated carbocycles. The highest BCUT2D eigenvalue weighted by Crippen LogP contribution is 2.17. The molecule has 112 valence electrons. The van der Waals surface area contributed by atoms with Gasteiger partial charge < -0.3 is 15.2 Å². The van der Waals surface area contributed by atoms with Crippen molar-refractivity contribution in [1.82, 2.24) is 5.32 Å². The van der Waals surface area contributed by atoms with Crippen LogP contribution < -0.4 is 5.32 Å². The number of ether oxygens (including phenoxy) is 1. The van der Waals surface area contributed by atoms with Crippen molar-refractivity contribution >= 4 is 15.7 Å². The van der Waals surface area contributed by atoms with E-state index in [0.29, 0.717) is 0 Å². The summed E-state index contributed by atoms with van der Waals surface area (Å²) in [7, 11) is -2.03. The van der Waals surface area contributed by atoms with Gasteiger partial charge in [0.25, 0.3) is 5.91 Å². The molecule has 0 aliphatic carbocycles. The number of nitrogens with one attached hydrogen (secondary N) is 1. The highest BCUT2D eigenvalue weighted by Gasteiger charge is 2.22. The average Bonchev–Trinajstić information content (AvgIpc) is 2.46. The Kier molecular flexibility index (Phi) is 6.12. The van der Waals surface area contributed by atoms with Crippen molar-refractivity contribution < 1.29 is 23.1 Å². The average molecular weight is 301 g/mol. The second kappa shape index (κ2) is 7.37. The van der Waals surface area contributed by atoms with Crippen LogP contribution in [0.25, 0.3) is 0 Å². The fraction of sp³-hybridized carbons (Fsp3) is 0.462. The standard InChI is InChI=1S/C13H19NO5S/c1-3-20(17,18)12-7-5-4-6-11(12)13(16)14-10(8-15)9-19-2/h4-7,10,15H,3,8-9H2,1-2H3,(H,14,16). The van der Waals surface area contributed by atoms with Gasteiger partial charge in [-0.05, 0) is 12.1 Å². The summed E-state index contributed by atoms with van der Waals surface area (Å²) in [5.74, 6) is -0.632. The van der Waals surface area contributed by atoms with Crippen LogP contribution in [0.15, 0.2) is 29.2 Å². The molecule has 1 rings (SSSR count). The number of methoxy groups -OCH3 is 1. The molecule has 1 atom stereocenters. The molecule has 6 nitrogen and oxygen atoms in total. The first-order chi connectivity index (χ1) is 9.46. The number of aliphatic hydroxyl groups is 1. The maximum Gasteiger partial charge on any atom is 0.252 e. The summed E-state index contributed by atoms with van der Waals surface area (Å²) in [4.78, 5) is 12.1. The summed E-state index contributed by atoms with van der Waals surface area (Å²) >= 11 is 0. The number of carbonyl (C=O) groups is 1. The van der Waals surface area contributed by atoms with Crippen molar-refractivity contribution in [1.29, 1.82) is 0 Å². The van der Waals surface area contributed by atoms with E-state index in [1.54, 1.807) is 12.1 Å². The molecule has 7 heteroatoms. The van der Waals surface area contributed by atoms with Crippen molar-refractivity contribution in [2.45, 2.75) is 17.9 Å². The lowest BCUT2D eigenvalue weighted by Gasteiger charge is -2.16. The maximum atomic E-state index is 12.1. The number of amides is 1. The molecular formula is C13H19NO5S. The van der Waals surface area contributed by atoms with Crippen molar-refractivity contribution in [3.8, 4) is 0 Å². The second-order valence-corrected chi connectivity index (χ2v) is 6.45. The van der Waals surface area contributed by atoms with Crippen molar-refractivity contribution in [2.24, 2.45) is 0 Å². The molecule has 0 fully saturated rings. The molecule has 1 aromatic rings. The van der Waals surface area contributed by atoms with Crippen LogP contribution >= 0.6 is 0 Å². The number of aliphatic hydroxyl groups excluding tert-OH is 1. The lowest BCUT2D eigenvalue weighted by Crippen LogP contribution is -2.41. The Hall–Kier alpha value is -1.44. The van der Waals surface area contributed by atoms with Gasteiger partial charge in [0.05, 0.1) is 35.5 Å². The molecule has 2 N–H and O–H groups in total. The molecule has 0 aliphatic heterocycles. The fourth-order valence-corrected chi connectivity index (χ4v) is 2.78. The molecule has 0 spiro atoms. The Morgan fingerprint density at radius 3 is 2.60 bits per heavy atom. The van der Waals surface area contributed by atoms with Gasteiger partial charge in [-0.25, -0.2) is 8.42 Å². The Balaban J connectivity index is 3.05. The number of carbonyl (C=O) groups excluding carboxylic acids is 1. The summed E-state index contributed by atoms with van der Waals surface area (Å²) in [6, 6.07) is 5.42. The smallest absolute Gasteiger partial charge is 0.252 e. The lowest BCUT2D eigenvalue weighted by atomic mass is 10.2. The molecule has 1 amide bonds. The van der Waals surface area contributed by atoms with Gasteiger partial charge in [-0.15, -0.1) is 0 Å². The van der Waals surface area contributed by atoms with Gasteiger partial charge in [0.1, 0.15) is 0 Å². The van der Waals surface area contributed by atoms with Crippen LogP contribution in [0.3, 0.4) is 0 Å². The van der Waals surface area contributed by atoms with Gasteiger partial charge in [0.15, 0.2) is 9.84 Å². The summed E-state index contributed by atoms with van der Waals surface area (Å²) in [5.41, 5.74) is 0.0731. The minimum absolute atomic E-state index is 0.00546. The van der Waals surface area contributed by atoms with E-state index >= 15 is 0 Å². The quantitative estimate of drug-likeness (QED) is 0.751.